The molecule has 2 unspecified atom stereocenters. The molecule has 2 N–H and O–H groups in total. The number of halogens is 2. The topological polar surface area (TPSA) is 40.5 Å². The fourth-order valence-electron chi connectivity index (χ4n) is 3.03. The van der Waals surface area contributed by atoms with E-state index in [1.165, 1.54) is 0 Å². The predicted octanol–water partition coefficient (Wildman–Crippen LogP) is 1.95. The van der Waals surface area contributed by atoms with Crippen LogP contribution in [0.4, 0.5) is 8.78 Å². The standard InChI is InChI=1S/C11H18F2O2/c1-8-6-9(8,7-14)10(15)2-4-11(12,13)5-3-10/h8,14-15H,2-7H2,1H3. The van der Waals surface area contributed by atoms with Crippen LogP contribution in [-0.2, 0) is 0 Å². The van der Waals surface area contributed by atoms with Crippen LogP contribution in [0.2, 0.25) is 0 Å². The van der Waals surface area contributed by atoms with Gasteiger partial charge in [0.1, 0.15) is 0 Å². The zero-order chi connectivity index (χ0) is 11.3. The highest BCUT2D eigenvalue weighted by atomic mass is 19.3. The van der Waals surface area contributed by atoms with Crippen molar-refractivity contribution in [1.29, 1.82) is 0 Å². The average Bonchev–Trinajstić information content (AvgIpc) is 2.85. The lowest BCUT2D eigenvalue weighted by atomic mass is 9.71. The van der Waals surface area contributed by atoms with Crippen molar-refractivity contribution < 1.29 is 19.0 Å². The second kappa shape index (κ2) is 3.14. The summed E-state index contributed by atoms with van der Waals surface area (Å²) in [5.41, 5.74) is -1.56. The van der Waals surface area contributed by atoms with Gasteiger partial charge in [0.15, 0.2) is 0 Å². The smallest absolute Gasteiger partial charge is 0.248 e. The molecule has 2 nitrogen and oxygen atoms in total. The van der Waals surface area contributed by atoms with Crippen molar-refractivity contribution in [3.8, 4) is 0 Å². The van der Waals surface area contributed by atoms with E-state index in [1.807, 2.05) is 6.92 Å². The first kappa shape index (κ1) is 11.3. The van der Waals surface area contributed by atoms with Gasteiger partial charge in [-0.2, -0.15) is 0 Å². The Morgan fingerprint density at radius 2 is 1.67 bits per heavy atom. The molecule has 0 spiro atoms. The number of aliphatic hydroxyl groups is 2. The SMILES string of the molecule is CC1CC1(CO)C1(O)CCC(F)(F)CC1. The minimum atomic E-state index is -2.62. The highest BCUT2D eigenvalue weighted by molar-refractivity contribution is 5.14. The van der Waals surface area contributed by atoms with Crippen molar-refractivity contribution in [2.24, 2.45) is 11.3 Å². The molecule has 2 aliphatic rings. The van der Waals surface area contributed by atoms with Crippen LogP contribution in [0.15, 0.2) is 0 Å². The van der Waals surface area contributed by atoms with E-state index in [0.717, 1.165) is 6.42 Å². The highest BCUT2D eigenvalue weighted by Gasteiger charge is 2.65. The third-order valence-electron chi connectivity index (χ3n) is 4.47. The van der Waals surface area contributed by atoms with E-state index in [-0.39, 0.29) is 38.2 Å². The summed E-state index contributed by atoms with van der Waals surface area (Å²) in [6, 6.07) is 0. The molecule has 0 bridgehead atoms. The molecule has 0 amide bonds. The summed E-state index contributed by atoms with van der Waals surface area (Å²) in [5, 5.41) is 19.7. The Kier molecular flexibility index (Phi) is 2.36. The van der Waals surface area contributed by atoms with Gasteiger partial charge in [-0.05, 0) is 25.2 Å². The molecule has 0 heterocycles. The molecule has 0 saturated heterocycles. The second-order valence-electron chi connectivity index (χ2n) is 5.31. The summed E-state index contributed by atoms with van der Waals surface area (Å²) in [6.07, 6.45) is 0.483. The van der Waals surface area contributed by atoms with E-state index in [4.69, 9.17) is 0 Å². The molecule has 0 radical (unpaired) electrons. The first-order valence-corrected chi connectivity index (χ1v) is 5.56. The van der Waals surface area contributed by atoms with Gasteiger partial charge in [-0.3, -0.25) is 0 Å². The van der Waals surface area contributed by atoms with Crippen LogP contribution in [0.1, 0.15) is 39.0 Å². The summed E-state index contributed by atoms with van der Waals surface area (Å²) in [6.45, 7) is 1.87. The van der Waals surface area contributed by atoms with E-state index < -0.39 is 16.9 Å². The third kappa shape index (κ3) is 1.58. The Hall–Kier alpha value is -0.220. The van der Waals surface area contributed by atoms with Crippen LogP contribution >= 0.6 is 0 Å². The first-order chi connectivity index (χ1) is 6.85. The molecule has 0 aromatic heterocycles. The van der Waals surface area contributed by atoms with Gasteiger partial charge in [0.25, 0.3) is 0 Å². The number of alkyl halides is 2. The molecular weight excluding hydrogens is 202 g/mol. The first-order valence-electron chi connectivity index (χ1n) is 5.56. The number of hydrogen-bond acceptors (Lipinski definition) is 2. The predicted molar refractivity (Wildman–Crippen MR) is 51.7 cm³/mol. The van der Waals surface area contributed by atoms with E-state index in [0.29, 0.717) is 0 Å². The lowest BCUT2D eigenvalue weighted by Crippen LogP contribution is -2.48. The molecule has 4 heteroatoms. The van der Waals surface area contributed by atoms with Crippen molar-refractivity contribution >= 4 is 0 Å². The van der Waals surface area contributed by atoms with Crippen molar-refractivity contribution in [2.45, 2.75) is 50.6 Å². The largest absolute Gasteiger partial charge is 0.396 e. The molecule has 2 fully saturated rings. The summed E-state index contributed by atoms with van der Waals surface area (Å²) < 4.78 is 26.0. The summed E-state index contributed by atoms with van der Waals surface area (Å²) >= 11 is 0. The molecular formula is C11H18F2O2. The van der Waals surface area contributed by atoms with Crippen LogP contribution < -0.4 is 0 Å². The molecule has 0 aromatic carbocycles. The summed E-state index contributed by atoms with van der Waals surface area (Å²) in [7, 11) is 0. The monoisotopic (exact) mass is 220 g/mol. The van der Waals surface area contributed by atoms with Crippen LogP contribution in [0.3, 0.4) is 0 Å². The third-order valence-corrected chi connectivity index (χ3v) is 4.47. The molecule has 2 atom stereocenters. The normalized spacial score (nSPS) is 42.6. The Labute approximate surface area is 88.3 Å². The fraction of sp³-hybridized carbons (Fsp3) is 1.00. The number of rotatable bonds is 2. The van der Waals surface area contributed by atoms with E-state index in [2.05, 4.69) is 0 Å². The van der Waals surface area contributed by atoms with E-state index in [9.17, 15) is 19.0 Å². The Morgan fingerprint density at radius 3 is 2.00 bits per heavy atom. The van der Waals surface area contributed by atoms with Crippen LogP contribution in [-0.4, -0.2) is 28.3 Å². The fourth-order valence-corrected chi connectivity index (χ4v) is 3.03. The Balaban J connectivity index is 2.10. The lowest BCUT2D eigenvalue weighted by Gasteiger charge is -2.42. The van der Waals surface area contributed by atoms with Crippen molar-refractivity contribution in [2.75, 3.05) is 6.61 Å². The second-order valence-corrected chi connectivity index (χ2v) is 5.31. The van der Waals surface area contributed by atoms with E-state index in [1.54, 1.807) is 0 Å². The number of aliphatic hydroxyl groups excluding tert-OH is 1. The molecule has 2 saturated carbocycles. The van der Waals surface area contributed by atoms with Crippen molar-refractivity contribution in [3.63, 3.8) is 0 Å². The zero-order valence-electron chi connectivity index (χ0n) is 8.97. The molecule has 15 heavy (non-hydrogen) atoms. The van der Waals surface area contributed by atoms with Crippen LogP contribution in [0.25, 0.3) is 0 Å². The van der Waals surface area contributed by atoms with Gasteiger partial charge >= 0.3 is 0 Å². The summed E-state index contributed by atoms with van der Waals surface area (Å²) in [5.74, 6) is -2.37. The lowest BCUT2D eigenvalue weighted by molar-refractivity contribution is -0.144. The van der Waals surface area contributed by atoms with Gasteiger partial charge in [-0.15, -0.1) is 0 Å². The maximum atomic E-state index is 13.0. The molecule has 2 aliphatic carbocycles. The number of hydrogen-bond donors (Lipinski definition) is 2. The molecule has 2 rings (SSSR count). The van der Waals surface area contributed by atoms with Gasteiger partial charge in [0.2, 0.25) is 5.92 Å². The molecule has 0 aromatic rings. The van der Waals surface area contributed by atoms with Crippen LogP contribution in [0.5, 0.6) is 0 Å². The molecule has 0 aliphatic heterocycles. The van der Waals surface area contributed by atoms with Crippen molar-refractivity contribution in [1.82, 2.24) is 0 Å². The molecule has 88 valence electrons. The Bertz CT molecular complexity index is 253. The zero-order valence-corrected chi connectivity index (χ0v) is 8.97. The van der Waals surface area contributed by atoms with Crippen LogP contribution in [0, 0.1) is 11.3 Å². The Morgan fingerprint density at radius 1 is 1.20 bits per heavy atom. The van der Waals surface area contributed by atoms with Gasteiger partial charge < -0.3 is 10.2 Å². The minimum Gasteiger partial charge on any atom is -0.396 e. The summed E-state index contributed by atoms with van der Waals surface area (Å²) in [4.78, 5) is 0. The van der Waals surface area contributed by atoms with Crippen molar-refractivity contribution in [3.05, 3.63) is 0 Å². The van der Waals surface area contributed by atoms with Gasteiger partial charge in [0, 0.05) is 18.3 Å². The highest BCUT2D eigenvalue weighted by Crippen LogP contribution is 2.63. The quantitative estimate of drug-likeness (QED) is 0.746. The van der Waals surface area contributed by atoms with E-state index >= 15 is 0 Å². The maximum absolute atomic E-state index is 13.0. The van der Waals surface area contributed by atoms with Gasteiger partial charge in [-0.1, -0.05) is 6.92 Å². The maximum Gasteiger partial charge on any atom is 0.248 e. The average molecular weight is 220 g/mol. The van der Waals surface area contributed by atoms with Gasteiger partial charge in [-0.25, -0.2) is 8.78 Å². The minimum absolute atomic E-state index is 0.0871. The van der Waals surface area contributed by atoms with Gasteiger partial charge in [0.05, 0.1) is 12.2 Å².